The van der Waals surface area contributed by atoms with E-state index in [9.17, 15) is 14.7 Å². The van der Waals surface area contributed by atoms with E-state index < -0.39 is 11.8 Å². The molecule has 0 aliphatic carbocycles. The fourth-order valence-electron chi connectivity index (χ4n) is 2.30. The van der Waals surface area contributed by atoms with Gasteiger partial charge >= 0.3 is 11.8 Å². The van der Waals surface area contributed by atoms with Crippen LogP contribution in [-0.4, -0.2) is 40.4 Å². The number of hydrogen-bond donors (Lipinski definition) is 3. The lowest BCUT2D eigenvalue weighted by molar-refractivity contribution is -0.133. The van der Waals surface area contributed by atoms with Gasteiger partial charge in [0.15, 0.2) is 5.13 Å². The number of phenols is 1. The molecule has 1 aliphatic heterocycles. The maximum Gasteiger partial charge on any atom is 0.315 e. The highest BCUT2D eigenvalue weighted by Gasteiger charge is 2.21. The predicted molar refractivity (Wildman–Crippen MR) is 87.5 cm³/mol. The number of likely N-dealkylation sites (N-methyl/N-ethyl adjacent to an activating group) is 1. The molecule has 2 heterocycles. The van der Waals surface area contributed by atoms with Gasteiger partial charge in [-0.05, 0) is 19.2 Å². The summed E-state index contributed by atoms with van der Waals surface area (Å²) in [5.41, 5.74) is 1.34. The second-order valence-corrected chi connectivity index (χ2v) is 6.42. The topological polar surface area (TPSA) is 94.6 Å². The monoisotopic (exact) mass is 332 g/mol. The van der Waals surface area contributed by atoms with Gasteiger partial charge in [-0.1, -0.05) is 6.07 Å². The van der Waals surface area contributed by atoms with Crippen LogP contribution in [0.25, 0.3) is 0 Å². The number of carbonyl (C=O) groups excluding carboxylic acids is 2. The highest BCUT2D eigenvalue weighted by Crippen LogP contribution is 2.27. The normalized spacial score (nSPS) is 14.1. The number of thiazole rings is 1. The lowest BCUT2D eigenvalue weighted by atomic mass is 10.2. The third-order valence-corrected chi connectivity index (χ3v) is 4.45. The van der Waals surface area contributed by atoms with Crippen LogP contribution in [0.4, 0.5) is 10.8 Å². The molecule has 1 aliphatic rings. The van der Waals surface area contributed by atoms with E-state index in [0.717, 1.165) is 30.1 Å². The van der Waals surface area contributed by atoms with Crippen molar-refractivity contribution in [1.82, 2.24) is 9.88 Å². The Morgan fingerprint density at radius 3 is 2.87 bits per heavy atom. The SMILES string of the molecule is CN1CCc2nc(NC(=O)C(=O)Nc3cccc(O)c3)sc2C1. The van der Waals surface area contributed by atoms with Crippen LogP contribution in [0.1, 0.15) is 10.6 Å². The summed E-state index contributed by atoms with van der Waals surface area (Å²) in [7, 11) is 2.03. The summed E-state index contributed by atoms with van der Waals surface area (Å²) >= 11 is 1.39. The summed E-state index contributed by atoms with van der Waals surface area (Å²) in [5, 5.41) is 14.7. The first-order valence-corrected chi connectivity index (χ1v) is 7.91. The molecule has 1 aromatic heterocycles. The zero-order valence-corrected chi connectivity index (χ0v) is 13.3. The lowest BCUT2D eigenvalue weighted by Crippen LogP contribution is -2.29. The van der Waals surface area contributed by atoms with E-state index >= 15 is 0 Å². The standard InChI is InChI=1S/C15H16N4O3S/c1-19-6-5-11-12(8-19)23-15(17-11)18-14(22)13(21)16-9-3-2-4-10(20)7-9/h2-4,7,20H,5-6,8H2,1H3,(H,16,21)(H,17,18,22). The Kier molecular flexibility index (Phi) is 4.26. The van der Waals surface area contributed by atoms with Crippen LogP contribution in [0, 0.1) is 0 Å². The van der Waals surface area contributed by atoms with E-state index in [1.165, 1.54) is 23.5 Å². The maximum atomic E-state index is 11.9. The molecule has 3 N–H and O–H groups in total. The number of amides is 2. The molecule has 2 amide bonds. The molecule has 120 valence electrons. The van der Waals surface area contributed by atoms with Gasteiger partial charge in [0.05, 0.1) is 5.69 Å². The number of phenolic OH excluding ortho intramolecular Hbond substituents is 1. The Labute approximate surface area is 137 Å². The van der Waals surface area contributed by atoms with E-state index in [-0.39, 0.29) is 5.75 Å². The van der Waals surface area contributed by atoms with Crippen molar-refractivity contribution in [3.63, 3.8) is 0 Å². The number of hydrogen-bond acceptors (Lipinski definition) is 6. The summed E-state index contributed by atoms with van der Waals surface area (Å²) in [6.07, 6.45) is 0.841. The average molecular weight is 332 g/mol. The number of anilines is 2. The summed E-state index contributed by atoms with van der Waals surface area (Å²) in [5.74, 6) is -1.58. The molecule has 0 unspecified atom stereocenters. The highest BCUT2D eigenvalue weighted by atomic mass is 32.1. The summed E-state index contributed by atoms with van der Waals surface area (Å²) in [6.45, 7) is 1.74. The number of benzene rings is 1. The van der Waals surface area contributed by atoms with Crippen molar-refractivity contribution in [3.8, 4) is 5.75 Å². The molecule has 0 fully saturated rings. The van der Waals surface area contributed by atoms with Crippen molar-refractivity contribution in [2.24, 2.45) is 0 Å². The molecule has 2 aromatic rings. The molecule has 7 nitrogen and oxygen atoms in total. The van der Waals surface area contributed by atoms with Gasteiger partial charge in [-0.3, -0.25) is 14.9 Å². The van der Waals surface area contributed by atoms with Crippen LogP contribution in [-0.2, 0) is 22.6 Å². The minimum absolute atomic E-state index is 0.0138. The first-order chi connectivity index (χ1) is 11.0. The molecule has 0 saturated carbocycles. The number of nitrogens with zero attached hydrogens (tertiary/aromatic N) is 2. The Hall–Kier alpha value is -2.45. The molecular weight excluding hydrogens is 316 g/mol. The maximum absolute atomic E-state index is 11.9. The molecule has 0 bridgehead atoms. The molecule has 0 radical (unpaired) electrons. The summed E-state index contributed by atoms with van der Waals surface area (Å²) in [4.78, 5) is 31.5. The lowest BCUT2D eigenvalue weighted by Gasteiger charge is -2.20. The minimum Gasteiger partial charge on any atom is -0.508 e. The third kappa shape index (κ3) is 3.66. The van der Waals surface area contributed by atoms with Crippen LogP contribution in [0.15, 0.2) is 24.3 Å². The van der Waals surface area contributed by atoms with Crippen LogP contribution in [0.5, 0.6) is 5.75 Å². The van der Waals surface area contributed by atoms with E-state index in [1.54, 1.807) is 12.1 Å². The van der Waals surface area contributed by atoms with Gasteiger partial charge in [0, 0.05) is 36.1 Å². The zero-order valence-electron chi connectivity index (χ0n) is 12.5. The number of aromatic nitrogens is 1. The molecule has 0 atom stereocenters. The van der Waals surface area contributed by atoms with Crippen LogP contribution >= 0.6 is 11.3 Å². The summed E-state index contributed by atoms with van der Waals surface area (Å²) < 4.78 is 0. The number of aromatic hydroxyl groups is 1. The number of fused-ring (bicyclic) bond motifs is 1. The van der Waals surface area contributed by atoms with E-state index in [4.69, 9.17) is 0 Å². The molecular formula is C15H16N4O3S. The first kappa shape index (κ1) is 15.4. The van der Waals surface area contributed by atoms with E-state index in [1.807, 2.05) is 7.05 Å². The highest BCUT2D eigenvalue weighted by molar-refractivity contribution is 7.16. The number of carbonyl (C=O) groups is 2. The quantitative estimate of drug-likeness (QED) is 0.723. The molecule has 23 heavy (non-hydrogen) atoms. The van der Waals surface area contributed by atoms with E-state index in [2.05, 4.69) is 20.5 Å². The molecule has 0 saturated heterocycles. The fraction of sp³-hybridized carbons (Fsp3) is 0.267. The smallest absolute Gasteiger partial charge is 0.315 e. The van der Waals surface area contributed by atoms with Crippen molar-refractivity contribution in [2.75, 3.05) is 24.2 Å². The van der Waals surface area contributed by atoms with Crippen molar-refractivity contribution in [3.05, 3.63) is 34.8 Å². The Morgan fingerprint density at radius 2 is 2.09 bits per heavy atom. The van der Waals surface area contributed by atoms with Crippen LogP contribution in [0.2, 0.25) is 0 Å². The van der Waals surface area contributed by atoms with Crippen LogP contribution in [0.3, 0.4) is 0 Å². The Morgan fingerprint density at radius 1 is 1.30 bits per heavy atom. The summed E-state index contributed by atoms with van der Waals surface area (Å²) in [6, 6.07) is 6.01. The Bertz CT molecular complexity index is 759. The first-order valence-electron chi connectivity index (χ1n) is 7.10. The molecule has 8 heteroatoms. The third-order valence-electron chi connectivity index (χ3n) is 3.45. The van der Waals surface area contributed by atoms with Crippen molar-refractivity contribution >= 4 is 34.0 Å². The van der Waals surface area contributed by atoms with Gasteiger partial charge in [0.25, 0.3) is 0 Å². The number of rotatable bonds is 2. The van der Waals surface area contributed by atoms with Crippen molar-refractivity contribution in [1.29, 1.82) is 0 Å². The average Bonchev–Trinajstić information content (AvgIpc) is 2.88. The second-order valence-electron chi connectivity index (χ2n) is 5.34. The second kappa shape index (κ2) is 6.35. The van der Waals surface area contributed by atoms with Gasteiger partial charge in [0.1, 0.15) is 5.75 Å². The van der Waals surface area contributed by atoms with Gasteiger partial charge in [0.2, 0.25) is 0 Å². The Balaban J connectivity index is 1.64. The van der Waals surface area contributed by atoms with Crippen molar-refractivity contribution < 1.29 is 14.7 Å². The van der Waals surface area contributed by atoms with Gasteiger partial charge in [-0.15, -0.1) is 11.3 Å². The predicted octanol–water partition coefficient (Wildman–Crippen LogP) is 1.41. The fourth-order valence-corrected chi connectivity index (χ4v) is 3.39. The molecule has 1 aromatic carbocycles. The van der Waals surface area contributed by atoms with Crippen molar-refractivity contribution in [2.45, 2.75) is 13.0 Å². The molecule has 3 rings (SSSR count). The minimum atomic E-state index is -0.805. The van der Waals surface area contributed by atoms with Gasteiger partial charge < -0.3 is 15.3 Å². The van der Waals surface area contributed by atoms with Gasteiger partial charge in [-0.2, -0.15) is 0 Å². The van der Waals surface area contributed by atoms with Gasteiger partial charge in [-0.25, -0.2) is 4.98 Å². The molecule has 0 spiro atoms. The number of nitrogens with one attached hydrogen (secondary N) is 2. The zero-order chi connectivity index (χ0) is 16.4. The largest absolute Gasteiger partial charge is 0.508 e. The van der Waals surface area contributed by atoms with E-state index in [0.29, 0.717) is 10.8 Å². The van der Waals surface area contributed by atoms with Crippen LogP contribution < -0.4 is 10.6 Å².